The van der Waals surface area contributed by atoms with Crippen LogP contribution in [0.15, 0.2) is 12.7 Å². The zero-order valence-corrected chi connectivity index (χ0v) is 10.8. The highest BCUT2D eigenvalue weighted by Gasteiger charge is 2.42. The lowest BCUT2D eigenvalue weighted by molar-refractivity contribution is -0.00370. The third-order valence-electron chi connectivity index (χ3n) is 3.73. The Morgan fingerprint density at radius 2 is 2.16 bits per heavy atom. The van der Waals surface area contributed by atoms with E-state index in [1.54, 1.807) is 10.9 Å². The zero-order valence-electron chi connectivity index (χ0n) is 9.97. The first-order valence-corrected chi connectivity index (χ1v) is 6.41. The summed E-state index contributed by atoms with van der Waals surface area (Å²) in [7, 11) is 0. The Morgan fingerprint density at radius 3 is 2.84 bits per heavy atom. The number of imidazole rings is 1. The quantitative estimate of drug-likeness (QED) is 0.567. The summed E-state index contributed by atoms with van der Waals surface area (Å²) in [6.07, 6.45) is 1.61. The smallest absolute Gasteiger partial charge is 0.164 e. The summed E-state index contributed by atoms with van der Waals surface area (Å²) in [6, 6.07) is -0.360. The Morgan fingerprint density at radius 1 is 1.37 bits per heavy atom. The zero-order chi connectivity index (χ0) is 13.6. The van der Waals surface area contributed by atoms with Gasteiger partial charge in [0, 0.05) is 12.5 Å². The van der Waals surface area contributed by atoms with Crippen molar-refractivity contribution in [2.75, 3.05) is 6.61 Å². The van der Waals surface area contributed by atoms with Crippen LogP contribution in [0.2, 0.25) is 0 Å². The first-order chi connectivity index (χ1) is 9.13. The molecule has 0 amide bonds. The lowest BCUT2D eigenvalue weighted by Gasteiger charge is -2.18. The first kappa shape index (κ1) is 12.7. The summed E-state index contributed by atoms with van der Waals surface area (Å²) in [4.78, 5) is 11.2. The van der Waals surface area contributed by atoms with Gasteiger partial charge in [-0.2, -0.15) is 0 Å². The maximum atomic E-state index is 10.1. The number of H-pyrrole nitrogens is 1. The molecule has 1 aliphatic carbocycles. The molecule has 8 heteroatoms. The van der Waals surface area contributed by atoms with Gasteiger partial charge < -0.3 is 24.9 Å². The molecule has 2 aromatic heterocycles. The number of aromatic nitrogens is 4. The van der Waals surface area contributed by atoms with Crippen molar-refractivity contribution in [2.24, 2.45) is 5.92 Å². The number of aromatic amines is 1. The number of nitrogens with one attached hydrogen (secondary N) is 1. The summed E-state index contributed by atoms with van der Waals surface area (Å²) in [5, 5.41) is 29.1. The summed E-state index contributed by atoms with van der Waals surface area (Å²) < 4.78 is 2.19. The Bertz CT molecular complexity index is 655. The first-order valence-electron chi connectivity index (χ1n) is 6.00. The minimum atomic E-state index is -0.950. The van der Waals surface area contributed by atoms with Gasteiger partial charge in [0.2, 0.25) is 0 Å². The second kappa shape index (κ2) is 4.64. The molecule has 0 radical (unpaired) electrons. The van der Waals surface area contributed by atoms with Gasteiger partial charge in [0.1, 0.15) is 16.3 Å². The highest BCUT2D eigenvalue weighted by Crippen LogP contribution is 2.36. The molecule has 4 N–H and O–H groups in total. The van der Waals surface area contributed by atoms with Crippen LogP contribution in [-0.2, 0) is 0 Å². The van der Waals surface area contributed by atoms with Crippen molar-refractivity contribution in [3.63, 3.8) is 0 Å². The molecule has 1 saturated carbocycles. The van der Waals surface area contributed by atoms with Gasteiger partial charge in [0.15, 0.2) is 5.65 Å². The molecule has 1 fully saturated rings. The SMILES string of the molecule is OC[C@@H]1C[C@@H](n2cnc3c(=S)[nH]cnc32)[C@@H](O)[C@@H]1O. The normalized spacial score (nSPS) is 31.1. The minimum Gasteiger partial charge on any atom is -0.396 e. The lowest BCUT2D eigenvalue weighted by atomic mass is 10.1. The number of rotatable bonds is 2. The molecular weight excluding hydrogens is 268 g/mol. The van der Waals surface area contributed by atoms with E-state index in [1.807, 2.05) is 0 Å². The third kappa shape index (κ3) is 1.88. The average molecular weight is 282 g/mol. The summed E-state index contributed by atoms with van der Waals surface area (Å²) in [5.41, 5.74) is 1.13. The molecule has 0 aliphatic heterocycles. The third-order valence-corrected chi connectivity index (χ3v) is 4.04. The van der Waals surface area contributed by atoms with Gasteiger partial charge >= 0.3 is 0 Å². The maximum Gasteiger partial charge on any atom is 0.164 e. The highest BCUT2D eigenvalue weighted by molar-refractivity contribution is 7.71. The van der Waals surface area contributed by atoms with Crippen molar-refractivity contribution in [2.45, 2.75) is 24.7 Å². The molecule has 0 unspecified atom stereocenters. The maximum absolute atomic E-state index is 10.1. The minimum absolute atomic E-state index is 0.158. The van der Waals surface area contributed by atoms with E-state index >= 15 is 0 Å². The largest absolute Gasteiger partial charge is 0.396 e. The van der Waals surface area contributed by atoms with Gasteiger partial charge in [-0.25, -0.2) is 9.97 Å². The Hall–Kier alpha value is -1.35. The highest BCUT2D eigenvalue weighted by atomic mass is 32.1. The van der Waals surface area contributed by atoms with Gasteiger partial charge in [-0.15, -0.1) is 0 Å². The molecule has 0 bridgehead atoms. The molecule has 0 spiro atoms. The van der Waals surface area contributed by atoms with Gasteiger partial charge in [0.25, 0.3) is 0 Å². The van der Waals surface area contributed by atoms with E-state index in [2.05, 4.69) is 15.0 Å². The van der Waals surface area contributed by atoms with E-state index < -0.39 is 12.2 Å². The second-order valence-corrected chi connectivity index (χ2v) is 5.19. The number of fused-ring (bicyclic) bond motifs is 1. The Balaban J connectivity index is 2.06. The van der Waals surface area contributed by atoms with Crippen LogP contribution in [0.1, 0.15) is 12.5 Å². The van der Waals surface area contributed by atoms with E-state index in [9.17, 15) is 15.3 Å². The molecule has 102 valence electrons. The molecule has 0 saturated heterocycles. The van der Waals surface area contributed by atoms with Gasteiger partial charge in [-0.1, -0.05) is 12.2 Å². The van der Waals surface area contributed by atoms with E-state index in [4.69, 9.17) is 12.2 Å². The molecule has 1 aliphatic rings. The fourth-order valence-electron chi connectivity index (χ4n) is 2.66. The van der Waals surface area contributed by atoms with E-state index in [0.29, 0.717) is 22.2 Å². The van der Waals surface area contributed by atoms with E-state index in [-0.39, 0.29) is 18.6 Å². The van der Waals surface area contributed by atoms with Crippen LogP contribution >= 0.6 is 12.2 Å². The molecule has 2 aromatic rings. The lowest BCUT2D eigenvalue weighted by Crippen LogP contribution is -2.30. The van der Waals surface area contributed by atoms with Crippen LogP contribution in [0, 0.1) is 10.6 Å². The predicted molar refractivity (Wildman–Crippen MR) is 69.0 cm³/mol. The topological polar surface area (TPSA) is 107 Å². The van der Waals surface area contributed by atoms with Crippen LogP contribution < -0.4 is 0 Å². The Kier molecular flexibility index (Phi) is 3.09. The molecule has 19 heavy (non-hydrogen) atoms. The fourth-order valence-corrected chi connectivity index (χ4v) is 2.86. The Labute approximate surface area is 113 Å². The monoisotopic (exact) mass is 282 g/mol. The van der Waals surface area contributed by atoms with Crippen molar-refractivity contribution in [3.8, 4) is 0 Å². The van der Waals surface area contributed by atoms with E-state index in [1.165, 1.54) is 6.33 Å². The number of hydrogen-bond donors (Lipinski definition) is 4. The van der Waals surface area contributed by atoms with Crippen LogP contribution in [0.25, 0.3) is 11.2 Å². The van der Waals surface area contributed by atoms with Gasteiger partial charge in [-0.3, -0.25) is 0 Å². The molecule has 0 aromatic carbocycles. The molecule has 3 rings (SSSR count). The molecule has 2 heterocycles. The van der Waals surface area contributed by atoms with Crippen molar-refractivity contribution in [3.05, 3.63) is 17.3 Å². The van der Waals surface area contributed by atoms with Crippen LogP contribution in [0.5, 0.6) is 0 Å². The molecule has 4 atom stereocenters. The van der Waals surface area contributed by atoms with Crippen molar-refractivity contribution in [1.29, 1.82) is 0 Å². The van der Waals surface area contributed by atoms with Crippen molar-refractivity contribution in [1.82, 2.24) is 19.5 Å². The van der Waals surface area contributed by atoms with Crippen molar-refractivity contribution < 1.29 is 15.3 Å². The van der Waals surface area contributed by atoms with Crippen LogP contribution in [0.4, 0.5) is 0 Å². The van der Waals surface area contributed by atoms with Crippen LogP contribution in [-0.4, -0.2) is 53.7 Å². The second-order valence-electron chi connectivity index (χ2n) is 4.78. The number of nitrogens with zero attached hydrogens (tertiary/aromatic N) is 3. The van der Waals surface area contributed by atoms with Gasteiger partial charge in [-0.05, 0) is 6.42 Å². The fraction of sp³-hybridized carbons (Fsp3) is 0.545. The van der Waals surface area contributed by atoms with E-state index in [0.717, 1.165) is 0 Å². The summed E-state index contributed by atoms with van der Waals surface area (Å²) in [5.74, 6) is -0.337. The summed E-state index contributed by atoms with van der Waals surface area (Å²) in [6.45, 7) is -0.158. The number of aliphatic hydroxyl groups excluding tert-OH is 3. The number of hydrogen-bond acceptors (Lipinski definition) is 6. The predicted octanol–water partition coefficient (Wildman–Crippen LogP) is -0.236. The van der Waals surface area contributed by atoms with Gasteiger partial charge in [0.05, 0.1) is 24.8 Å². The van der Waals surface area contributed by atoms with Crippen LogP contribution in [0.3, 0.4) is 0 Å². The molecule has 7 nitrogen and oxygen atoms in total. The standard InChI is InChI=1S/C11H14N4O3S/c16-2-5-1-6(9(18)8(5)17)15-4-14-7-10(15)12-3-13-11(7)19/h3-6,8-9,16-18H,1-2H2,(H,12,13,19)/t5-,6+,8+,9+/m0/s1. The van der Waals surface area contributed by atoms with Crippen molar-refractivity contribution >= 4 is 23.4 Å². The molecular formula is C11H14N4O3S. The average Bonchev–Trinajstić information content (AvgIpc) is 2.94. The summed E-state index contributed by atoms with van der Waals surface area (Å²) >= 11 is 5.12. The number of aliphatic hydroxyl groups is 3.